The number of amides is 1. The van der Waals surface area contributed by atoms with Crippen molar-refractivity contribution in [2.24, 2.45) is 5.92 Å². The first-order chi connectivity index (χ1) is 14.5. The van der Waals surface area contributed by atoms with E-state index in [0.717, 1.165) is 24.9 Å². The molecule has 1 aliphatic carbocycles. The Hall–Kier alpha value is -2.66. The molecule has 1 fully saturated rings. The van der Waals surface area contributed by atoms with Crippen LogP contribution >= 0.6 is 0 Å². The Balaban J connectivity index is 1.41. The van der Waals surface area contributed by atoms with Crippen LogP contribution in [0.15, 0.2) is 48.9 Å². The van der Waals surface area contributed by atoms with Gasteiger partial charge in [0, 0.05) is 60.6 Å². The fourth-order valence-electron chi connectivity index (χ4n) is 5.53. The van der Waals surface area contributed by atoms with Gasteiger partial charge in [-0.15, -0.1) is 0 Å². The molecular formula is C25H30N4O. The van der Waals surface area contributed by atoms with Crippen LogP contribution < -0.4 is 5.32 Å². The molecule has 1 N–H and O–H groups in total. The average molecular weight is 403 g/mol. The van der Waals surface area contributed by atoms with E-state index < -0.39 is 0 Å². The van der Waals surface area contributed by atoms with Crippen molar-refractivity contribution in [2.75, 3.05) is 13.6 Å². The Morgan fingerprint density at radius 1 is 1.27 bits per heavy atom. The minimum absolute atomic E-state index is 0.0110. The Morgan fingerprint density at radius 3 is 2.90 bits per heavy atom. The minimum atomic E-state index is 0.0110. The Kier molecular flexibility index (Phi) is 4.86. The van der Waals surface area contributed by atoms with Crippen molar-refractivity contribution in [1.29, 1.82) is 0 Å². The number of likely N-dealkylation sites (tertiary alicyclic amines) is 1. The van der Waals surface area contributed by atoms with Crippen LogP contribution in [0.1, 0.15) is 48.9 Å². The summed E-state index contributed by atoms with van der Waals surface area (Å²) in [6.07, 6.45) is 7.91. The van der Waals surface area contributed by atoms with Crippen LogP contribution in [0, 0.1) is 5.92 Å². The van der Waals surface area contributed by atoms with Gasteiger partial charge in [0.2, 0.25) is 5.91 Å². The van der Waals surface area contributed by atoms with E-state index in [2.05, 4.69) is 65.1 Å². The molecule has 3 heterocycles. The molecule has 1 amide bonds. The molecule has 0 saturated carbocycles. The molecule has 2 aliphatic rings. The summed E-state index contributed by atoms with van der Waals surface area (Å²) in [5.74, 6) is 0.566. The van der Waals surface area contributed by atoms with Crippen molar-refractivity contribution >= 4 is 16.8 Å². The zero-order valence-electron chi connectivity index (χ0n) is 18.0. The predicted octanol–water partition coefficient (Wildman–Crippen LogP) is 3.89. The van der Waals surface area contributed by atoms with Crippen LogP contribution in [-0.2, 0) is 17.8 Å². The molecule has 5 nitrogen and oxygen atoms in total. The van der Waals surface area contributed by atoms with Gasteiger partial charge in [0.05, 0.1) is 5.92 Å². The maximum Gasteiger partial charge on any atom is 0.224 e. The first-order valence-electron chi connectivity index (χ1n) is 11.0. The number of rotatable bonds is 4. The van der Waals surface area contributed by atoms with Gasteiger partial charge in [0.1, 0.15) is 0 Å². The monoisotopic (exact) mass is 402 g/mol. The first-order valence-corrected chi connectivity index (χ1v) is 11.0. The van der Waals surface area contributed by atoms with E-state index in [9.17, 15) is 4.79 Å². The zero-order chi connectivity index (χ0) is 20.8. The number of fused-ring (bicyclic) bond motifs is 2. The zero-order valence-corrected chi connectivity index (χ0v) is 18.0. The quantitative estimate of drug-likeness (QED) is 0.720. The van der Waals surface area contributed by atoms with Gasteiger partial charge in [0.25, 0.3) is 0 Å². The topological polar surface area (TPSA) is 50.2 Å². The molecule has 0 radical (unpaired) electrons. The van der Waals surface area contributed by atoms with Crippen molar-refractivity contribution in [3.05, 3.63) is 65.6 Å². The molecule has 3 atom stereocenters. The number of nitrogens with one attached hydrogen (secondary N) is 1. The second-order valence-electron chi connectivity index (χ2n) is 9.23. The molecule has 2 aromatic heterocycles. The maximum absolute atomic E-state index is 13.0. The molecule has 5 rings (SSSR count). The lowest BCUT2D eigenvalue weighted by Crippen LogP contribution is -2.51. The third kappa shape index (κ3) is 3.21. The van der Waals surface area contributed by atoms with Gasteiger partial charge < -0.3 is 14.8 Å². The number of nitrogens with zero attached hydrogens (tertiary/aromatic N) is 3. The standard InChI is InChI=1S/C25H30N4O/c1-16(2)29-15-18-11-23-21(20-7-4-8-22(29)24(18)20)10-19(14-28(23)3)25(30)27-13-17-6-5-9-26-12-17/h4-9,12,15-16,19,21,23H,10-11,13-14H2,1-3H3,(H,27,30)/t19?,21-,23-/m1/s1. The molecule has 1 unspecified atom stereocenters. The van der Waals surface area contributed by atoms with Gasteiger partial charge in [0.15, 0.2) is 0 Å². The van der Waals surface area contributed by atoms with Gasteiger partial charge in [-0.05, 0) is 62.6 Å². The van der Waals surface area contributed by atoms with Crippen LogP contribution in [0.2, 0.25) is 0 Å². The van der Waals surface area contributed by atoms with E-state index in [1.165, 1.54) is 22.0 Å². The van der Waals surface area contributed by atoms with E-state index >= 15 is 0 Å². The molecule has 156 valence electrons. The molecule has 1 aromatic carbocycles. The molecule has 30 heavy (non-hydrogen) atoms. The van der Waals surface area contributed by atoms with Crippen molar-refractivity contribution in [2.45, 2.75) is 51.2 Å². The number of hydrogen-bond acceptors (Lipinski definition) is 3. The highest BCUT2D eigenvalue weighted by Crippen LogP contribution is 2.45. The minimum Gasteiger partial charge on any atom is -0.352 e. The first kappa shape index (κ1) is 19.3. The highest BCUT2D eigenvalue weighted by molar-refractivity contribution is 5.89. The number of carbonyl (C=O) groups is 1. The summed E-state index contributed by atoms with van der Waals surface area (Å²) in [6.45, 7) is 5.85. The van der Waals surface area contributed by atoms with Gasteiger partial charge in [-0.3, -0.25) is 9.78 Å². The third-order valence-corrected chi connectivity index (χ3v) is 6.99. The number of benzene rings is 1. The summed E-state index contributed by atoms with van der Waals surface area (Å²) in [5, 5.41) is 4.57. The van der Waals surface area contributed by atoms with Crippen molar-refractivity contribution in [1.82, 2.24) is 19.8 Å². The molecule has 3 aromatic rings. The number of pyridine rings is 1. The van der Waals surface area contributed by atoms with Gasteiger partial charge >= 0.3 is 0 Å². The van der Waals surface area contributed by atoms with Crippen LogP contribution in [0.5, 0.6) is 0 Å². The Morgan fingerprint density at radius 2 is 2.13 bits per heavy atom. The number of hydrogen-bond donors (Lipinski definition) is 1. The molecule has 5 heteroatoms. The summed E-state index contributed by atoms with van der Waals surface area (Å²) in [5.41, 5.74) is 5.26. The highest BCUT2D eigenvalue weighted by atomic mass is 16.1. The maximum atomic E-state index is 13.0. The third-order valence-electron chi connectivity index (χ3n) is 6.99. The van der Waals surface area contributed by atoms with Gasteiger partial charge in [-0.25, -0.2) is 0 Å². The lowest BCUT2D eigenvalue weighted by atomic mass is 9.72. The Labute approximate surface area is 178 Å². The molecule has 1 saturated heterocycles. The van der Waals surface area contributed by atoms with Crippen molar-refractivity contribution in [3.63, 3.8) is 0 Å². The number of piperidine rings is 1. The summed E-state index contributed by atoms with van der Waals surface area (Å²) in [7, 11) is 2.18. The van der Waals surface area contributed by atoms with E-state index in [4.69, 9.17) is 0 Å². The van der Waals surface area contributed by atoms with Gasteiger partial charge in [-0.2, -0.15) is 0 Å². The summed E-state index contributed by atoms with van der Waals surface area (Å²) >= 11 is 0. The molecular weight excluding hydrogens is 372 g/mol. The fraction of sp³-hybridized carbons (Fsp3) is 0.440. The van der Waals surface area contributed by atoms with Crippen LogP contribution in [0.3, 0.4) is 0 Å². The summed E-state index contributed by atoms with van der Waals surface area (Å²) in [4.78, 5) is 19.6. The predicted molar refractivity (Wildman–Crippen MR) is 119 cm³/mol. The van der Waals surface area contributed by atoms with Crippen LogP contribution in [0.25, 0.3) is 10.9 Å². The molecule has 0 spiro atoms. The van der Waals surface area contributed by atoms with Crippen LogP contribution in [0.4, 0.5) is 0 Å². The van der Waals surface area contributed by atoms with Crippen molar-refractivity contribution < 1.29 is 4.79 Å². The number of carbonyl (C=O) groups excluding carboxylic acids is 1. The number of likely N-dealkylation sites (N-methyl/N-ethyl adjacent to an activating group) is 1. The van der Waals surface area contributed by atoms with E-state index in [1.54, 1.807) is 6.20 Å². The average Bonchev–Trinajstić information content (AvgIpc) is 3.13. The van der Waals surface area contributed by atoms with Crippen molar-refractivity contribution in [3.8, 4) is 0 Å². The lowest BCUT2D eigenvalue weighted by Gasteiger charge is -2.45. The second kappa shape index (κ2) is 7.55. The highest BCUT2D eigenvalue weighted by Gasteiger charge is 2.41. The van der Waals surface area contributed by atoms with E-state index in [0.29, 0.717) is 24.5 Å². The number of aromatic nitrogens is 2. The molecule has 1 aliphatic heterocycles. The second-order valence-corrected chi connectivity index (χ2v) is 9.23. The fourth-order valence-corrected chi connectivity index (χ4v) is 5.53. The summed E-state index contributed by atoms with van der Waals surface area (Å²) in [6, 6.07) is 11.5. The Bertz CT molecular complexity index is 1070. The van der Waals surface area contributed by atoms with E-state index in [1.807, 2.05) is 18.3 Å². The largest absolute Gasteiger partial charge is 0.352 e. The smallest absolute Gasteiger partial charge is 0.224 e. The summed E-state index contributed by atoms with van der Waals surface area (Å²) < 4.78 is 2.41. The van der Waals surface area contributed by atoms with Crippen LogP contribution in [-0.4, -0.2) is 40.0 Å². The van der Waals surface area contributed by atoms with Gasteiger partial charge in [-0.1, -0.05) is 18.2 Å². The lowest BCUT2D eigenvalue weighted by molar-refractivity contribution is -0.127. The SMILES string of the molecule is CC(C)n1cc2c3c(cccc31)[C@H]1CC(C(=O)NCc3cccnc3)CN(C)[C@@H]1C2. The van der Waals surface area contributed by atoms with E-state index in [-0.39, 0.29) is 11.8 Å². The normalized spacial score (nSPS) is 23.5. The molecule has 0 bridgehead atoms.